The number of aromatic amines is 2. The van der Waals surface area contributed by atoms with E-state index in [1.807, 2.05) is 26.8 Å². The Morgan fingerprint density at radius 3 is 2.48 bits per heavy atom. The van der Waals surface area contributed by atoms with E-state index in [0.717, 1.165) is 11.9 Å². The second kappa shape index (κ2) is 11.8. The van der Waals surface area contributed by atoms with Crippen LogP contribution in [0.5, 0.6) is 0 Å². The summed E-state index contributed by atoms with van der Waals surface area (Å²) >= 11 is 0. The van der Waals surface area contributed by atoms with Crippen LogP contribution in [0.25, 0.3) is 0 Å². The minimum Gasteiger partial charge on any atom is -0.375 e. The second-order valence-corrected chi connectivity index (χ2v) is 4.78. The van der Waals surface area contributed by atoms with E-state index in [9.17, 15) is 4.39 Å². The van der Waals surface area contributed by atoms with E-state index in [1.165, 1.54) is 19.3 Å². The third-order valence-corrected chi connectivity index (χ3v) is 3.20. The molecule has 0 saturated heterocycles. The van der Waals surface area contributed by atoms with E-state index in [2.05, 4.69) is 20.4 Å². The first kappa shape index (κ1) is 19.3. The van der Waals surface area contributed by atoms with Crippen molar-refractivity contribution in [3.8, 4) is 0 Å². The van der Waals surface area contributed by atoms with Crippen molar-refractivity contribution >= 4 is 0 Å². The molecule has 23 heavy (non-hydrogen) atoms. The van der Waals surface area contributed by atoms with E-state index >= 15 is 0 Å². The Kier molecular flexibility index (Phi) is 9.90. The van der Waals surface area contributed by atoms with Crippen LogP contribution in [-0.4, -0.2) is 33.1 Å². The second-order valence-electron chi connectivity index (χ2n) is 4.78. The zero-order valence-corrected chi connectivity index (χ0v) is 14.1. The molecular formula is C16H27FN4O2. The Balaban J connectivity index is 0.000000209. The summed E-state index contributed by atoms with van der Waals surface area (Å²) in [5.74, 6) is -0.339. The fraction of sp³-hybridized carbons (Fsp3) is 0.625. The van der Waals surface area contributed by atoms with Gasteiger partial charge in [0.2, 0.25) is 0 Å². The summed E-state index contributed by atoms with van der Waals surface area (Å²) in [6.45, 7) is 7.39. The fourth-order valence-corrected chi connectivity index (χ4v) is 1.71. The monoisotopic (exact) mass is 326 g/mol. The predicted octanol–water partition coefficient (Wildman–Crippen LogP) is 3.59. The lowest BCUT2D eigenvalue weighted by Gasteiger charge is -2.24. The van der Waals surface area contributed by atoms with Crippen molar-refractivity contribution in [1.29, 1.82) is 0 Å². The van der Waals surface area contributed by atoms with Gasteiger partial charge in [-0.05, 0) is 32.3 Å². The Morgan fingerprint density at radius 2 is 2.00 bits per heavy atom. The van der Waals surface area contributed by atoms with Crippen LogP contribution in [0.4, 0.5) is 4.39 Å². The molecule has 3 rings (SSSR count). The quantitative estimate of drug-likeness (QED) is 0.850. The van der Waals surface area contributed by atoms with Gasteiger partial charge in [0.05, 0.1) is 36.9 Å². The Bertz CT molecular complexity index is 498. The zero-order valence-electron chi connectivity index (χ0n) is 14.1. The van der Waals surface area contributed by atoms with Crippen LogP contribution in [0.15, 0.2) is 18.5 Å². The molecule has 0 radical (unpaired) electrons. The van der Waals surface area contributed by atoms with Crippen LogP contribution in [0, 0.1) is 5.82 Å². The molecule has 1 aliphatic rings. The summed E-state index contributed by atoms with van der Waals surface area (Å²) in [4.78, 5) is 0. The summed E-state index contributed by atoms with van der Waals surface area (Å²) in [6.07, 6.45) is 7.18. The largest absolute Gasteiger partial charge is 0.375 e. The maximum Gasteiger partial charge on any atom is 0.166 e. The Morgan fingerprint density at radius 1 is 1.22 bits per heavy atom. The van der Waals surface area contributed by atoms with Gasteiger partial charge in [0, 0.05) is 12.8 Å². The summed E-state index contributed by atoms with van der Waals surface area (Å²) in [5.41, 5.74) is 1.47. The highest BCUT2D eigenvalue weighted by molar-refractivity contribution is 4.99. The van der Waals surface area contributed by atoms with Crippen molar-refractivity contribution in [2.24, 2.45) is 0 Å². The molecule has 0 unspecified atom stereocenters. The molecule has 130 valence electrons. The normalized spacial score (nSPS) is 13.4. The van der Waals surface area contributed by atoms with Gasteiger partial charge in [-0.1, -0.05) is 13.8 Å². The number of halogens is 1. The number of hydrogen-bond acceptors (Lipinski definition) is 4. The van der Waals surface area contributed by atoms with Gasteiger partial charge < -0.3 is 9.47 Å². The van der Waals surface area contributed by atoms with E-state index in [1.54, 1.807) is 6.20 Å². The highest BCUT2D eigenvalue weighted by Crippen LogP contribution is 2.22. The molecule has 1 aliphatic carbocycles. The standard InChI is InChI=1S/C8H12N2O.C6H9FN2O.C2H6/c1-2-8(3-1)11-6-7-4-5-9-10-7;1-2-10-4-6-5(7)3-8-9-6;1-2/h4-5,8H,1-3,6H2,(H,9,10);3H,2,4H2,1H3,(H,8,9);1-2H3. The lowest BCUT2D eigenvalue weighted by Crippen LogP contribution is -2.21. The van der Waals surface area contributed by atoms with Crippen molar-refractivity contribution in [2.45, 2.75) is 59.4 Å². The van der Waals surface area contributed by atoms with Crippen LogP contribution in [0.1, 0.15) is 51.4 Å². The molecule has 0 aliphatic heterocycles. The maximum atomic E-state index is 12.5. The van der Waals surface area contributed by atoms with Crippen molar-refractivity contribution in [2.75, 3.05) is 6.61 Å². The van der Waals surface area contributed by atoms with Crippen LogP contribution in [0.2, 0.25) is 0 Å². The third-order valence-electron chi connectivity index (χ3n) is 3.20. The molecule has 1 fully saturated rings. The molecule has 2 aromatic heterocycles. The minimum absolute atomic E-state index is 0.266. The summed E-state index contributed by atoms with van der Waals surface area (Å²) in [6, 6.07) is 1.94. The number of nitrogens with one attached hydrogen (secondary N) is 2. The maximum absolute atomic E-state index is 12.5. The first-order valence-corrected chi connectivity index (χ1v) is 8.15. The number of rotatable bonds is 6. The molecule has 0 spiro atoms. The number of ether oxygens (including phenoxy) is 2. The summed E-state index contributed by atoms with van der Waals surface area (Å²) in [5, 5.41) is 12.7. The van der Waals surface area contributed by atoms with Crippen LogP contribution >= 0.6 is 0 Å². The topological polar surface area (TPSA) is 75.8 Å². The van der Waals surface area contributed by atoms with Crippen LogP contribution < -0.4 is 0 Å². The number of H-pyrrole nitrogens is 2. The molecule has 2 N–H and O–H groups in total. The molecule has 0 aromatic carbocycles. The predicted molar refractivity (Wildman–Crippen MR) is 86.2 cm³/mol. The van der Waals surface area contributed by atoms with E-state index in [0.29, 0.717) is 25.0 Å². The highest BCUT2D eigenvalue weighted by atomic mass is 19.1. The van der Waals surface area contributed by atoms with Crippen molar-refractivity contribution < 1.29 is 13.9 Å². The van der Waals surface area contributed by atoms with Crippen LogP contribution in [-0.2, 0) is 22.7 Å². The van der Waals surface area contributed by atoms with Crippen LogP contribution in [0.3, 0.4) is 0 Å². The molecule has 0 atom stereocenters. The van der Waals surface area contributed by atoms with Gasteiger partial charge in [0.25, 0.3) is 0 Å². The molecule has 2 heterocycles. The van der Waals surface area contributed by atoms with E-state index < -0.39 is 0 Å². The summed E-state index contributed by atoms with van der Waals surface area (Å²) in [7, 11) is 0. The molecule has 2 aromatic rings. The molecular weight excluding hydrogens is 299 g/mol. The van der Waals surface area contributed by atoms with Gasteiger partial charge in [-0.25, -0.2) is 4.39 Å². The molecule has 7 heteroatoms. The Labute approximate surface area is 136 Å². The lowest BCUT2D eigenvalue weighted by atomic mass is 9.96. The first-order chi connectivity index (χ1) is 11.3. The van der Waals surface area contributed by atoms with Gasteiger partial charge in [0.15, 0.2) is 5.82 Å². The van der Waals surface area contributed by atoms with E-state index in [4.69, 9.17) is 9.47 Å². The van der Waals surface area contributed by atoms with Gasteiger partial charge >= 0.3 is 0 Å². The Hall–Kier alpha value is -1.73. The first-order valence-electron chi connectivity index (χ1n) is 8.15. The molecule has 1 saturated carbocycles. The molecule has 0 bridgehead atoms. The smallest absolute Gasteiger partial charge is 0.166 e. The van der Waals surface area contributed by atoms with Gasteiger partial charge in [-0.15, -0.1) is 0 Å². The van der Waals surface area contributed by atoms with E-state index in [-0.39, 0.29) is 12.4 Å². The molecule has 0 amide bonds. The number of hydrogen-bond donors (Lipinski definition) is 2. The third kappa shape index (κ3) is 7.38. The SMILES string of the molecule is CC.CCOCc1[nH]ncc1F.c1cc(COC2CCC2)[nH]n1. The average molecular weight is 326 g/mol. The van der Waals surface area contributed by atoms with Crippen molar-refractivity contribution in [1.82, 2.24) is 20.4 Å². The molecule has 6 nitrogen and oxygen atoms in total. The highest BCUT2D eigenvalue weighted by Gasteiger charge is 2.17. The van der Waals surface area contributed by atoms with Gasteiger partial charge in [-0.2, -0.15) is 10.2 Å². The average Bonchev–Trinajstić information content (AvgIpc) is 3.18. The summed E-state index contributed by atoms with van der Waals surface area (Å²) < 4.78 is 23.0. The minimum atomic E-state index is -0.339. The van der Waals surface area contributed by atoms with Crippen molar-refractivity contribution in [3.63, 3.8) is 0 Å². The van der Waals surface area contributed by atoms with Crippen molar-refractivity contribution in [3.05, 3.63) is 35.7 Å². The van der Waals surface area contributed by atoms with Gasteiger partial charge in [0.1, 0.15) is 0 Å². The number of nitrogens with zero attached hydrogens (tertiary/aromatic N) is 2. The fourth-order valence-electron chi connectivity index (χ4n) is 1.71. The zero-order chi connectivity index (χ0) is 16.9. The lowest BCUT2D eigenvalue weighted by molar-refractivity contribution is -0.0101. The number of aromatic nitrogens is 4. The van der Waals surface area contributed by atoms with Gasteiger partial charge in [-0.3, -0.25) is 10.2 Å².